The molecule has 0 unspecified atom stereocenters. The Bertz CT molecular complexity index is 664. The number of carbonyl (C=O) groups excluding carboxylic acids is 1. The molecule has 7 heteroatoms. The van der Waals surface area contributed by atoms with Crippen molar-refractivity contribution in [1.82, 2.24) is 9.97 Å². The first-order chi connectivity index (χ1) is 10.6. The third-order valence-corrected chi connectivity index (χ3v) is 4.12. The zero-order valence-electron chi connectivity index (χ0n) is 11.7. The SMILES string of the molecule is O=C(Nc1c(Cl)cccc1Cl)c1cnc(N2CCCC2)nc1. The monoisotopic (exact) mass is 336 g/mol. The normalized spacial score (nSPS) is 14.2. The molecule has 0 saturated carbocycles. The summed E-state index contributed by atoms with van der Waals surface area (Å²) in [4.78, 5) is 22.8. The molecule has 3 rings (SSSR count). The maximum absolute atomic E-state index is 12.2. The molecule has 0 atom stereocenters. The van der Waals surface area contributed by atoms with E-state index in [1.165, 1.54) is 12.4 Å². The zero-order chi connectivity index (χ0) is 15.5. The first-order valence-electron chi connectivity index (χ1n) is 6.97. The molecule has 1 saturated heterocycles. The van der Waals surface area contributed by atoms with E-state index in [1.54, 1.807) is 18.2 Å². The first kappa shape index (κ1) is 15.1. The molecule has 5 nitrogen and oxygen atoms in total. The number of para-hydroxylation sites is 1. The van der Waals surface area contributed by atoms with Crippen molar-refractivity contribution in [2.45, 2.75) is 12.8 Å². The average molecular weight is 337 g/mol. The quantitative estimate of drug-likeness (QED) is 0.929. The number of hydrogen-bond donors (Lipinski definition) is 1. The van der Waals surface area contributed by atoms with Gasteiger partial charge in [0.25, 0.3) is 5.91 Å². The van der Waals surface area contributed by atoms with Gasteiger partial charge in [-0.2, -0.15) is 0 Å². The Morgan fingerprint density at radius 3 is 2.27 bits per heavy atom. The number of aromatic nitrogens is 2. The van der Waals surface area contributed by atoms with Crippen LogP contribution in [0.2, 0.25) is 10.0 Å². The zero-order valence-corrected chi connectivity index (χ0v) is 13.2. The van der Waals surface area contributed by atoms with Crippen LogP contribution < -0.4 is 10.2 Å². The summed E-state index contributed by atoms with van der Waals surface area (Å²) >= 11 is 12.1. The van der Waals surface area contributed by atoms with Gasteiger partial charge in [-0.05, 0) is 25.0 Å². The molecule has 0 spiro atoms. The van der Waals surface area contributed by atoms with E-state index in [0.717, 1.165) is 25.9 Å². The maximum atomic E-state index is 12.2. The molecule has 2 heterocycles. The van der Waals surface area contributed by atoms with Crippen molar-refractivity contribution in [1.29, 1.82) is 0 Å². The van der Waals surface area contributed by atoms with Crippen molar-refractivity contribution >= 4 is 40.7 Å². The molecule has 0 radical (unpaired) electrons. The standard InChI is InChI=1S/C15H14Cl2N4O/c16-11-4-3-5-12(17)13(11)20-14(22)10-8-18-15(19-9-10)21-6-1-2-7-21/h3-5,8-9H,1-2,6-7H2,(H,20,22). The third-order valence-electron chi connectivity index (χ3n) is 3.49. The molecule has 1 aromatic heterocycles. The summed E-state index contributed by atoms with van der Waals surface area (Å²) in [5.41, 5.74) is 0.749. The van der Waals surface area contributed by atoms with Crippen LogP contribution in [-0.2, 0) is 0 Å². The summed E-state index contributed by atoms with van der Waals surface area (Å²) in [5, 5.41) is 3.46. The van der Waals surface area contributed by atoms with Gasteiger partial charge in [-0.3, -0.25) is 4.79 Å². The number of rotatable bonds is 3. The fourth-order valence-corrected chi connectivity index (χ4v) is 2.81. The van der Waals surface area contributed by atoms with E-state index in [-0.39, 0.29) is 5.91 Å². The second-order valence-corrected chi connectivity index (χ2v) is 5.83. The van der Waals surface area contributed by atoms with Crippen LogP contribution in [0.15, 0.2) is 30.6 Å². The molecular formula is C15H14Cl2N4O. The number of carbonyl (C=O) groups is 1. The smallest absolute Gasteiger partial charge is 0.258 e. The van der Waals surface area contributed by atoms with E-state index >= 15 is 0 Å². The second-order valence-electron chi connectivity index (χ2n) is 5.02. The predicted molar refractivity (Wildman–Crippen MR) is 87.9 cm³/mol. The largest absolute Gasteiger partial charge is 0.341 e. The lowest BCUT2D eigenvalue weighted by atomic mass is 10.2. The average Bonchev–Trinajstić information content (AvgIpc) is 3.05. The van der Waals surface area contributed by atoms with Crippen LogP contribution in [0.5, 0.6) is 0 Å². The Kier molecular flexibility index (Phi) is 4.45. The molecule has 1 aliphatic heterocycles. The van der Waals surface area contributed by atoms with Gasteiger partial charge < -0.3 is 10.2 Å². The Balaban J connectivity index is 1.75. The number of hydrogen-bond acceptors (Lipinski definition) is 4. The maximum Gasteiger partial charge on any atom is 0.258 e. The van der Waals surface area contributed by atoms with Gasteiger partial charge in [-0.1, -0.05) is 29.3 Å². The summed E-state index contributed by atoms with van der Waals surface area (Å²) in [6.45, 7) is 1.92. The lowest BCUT2D eigenvalue weighted by molar-refractivity contribution is 0.102. The number of nitrogens with one attached hydrogen (secondary N) is 1. The van der Waals surface area contributed by atoms with Crippen LogP contribution in [0.25, 0.3) is 0 Å². The molecule has 2 aromatic rings. The fraction of sp³-hybridized carbons (Fsp3) is 0.267. The van der Waals surface area contributed by atoms with Gasteiger partial charge >= 0.3 is 0 Å². The molecule has 1 aromatic carbocycles. The Morgan fingerprint density at radius 1 is 1.09 bits per heavy atom. The fourth-order valence-electron chi connectivity index (χ4n) is 2.32. The summed E-state index contributed by atoms with van der Waals surface area (Å²) < 4.78 is 0. The highest BCUT2D eigenvalue weighted by Crippen LogP contribution is 2.30. The molecule has 1 fully saturated rings. The number of anilines is 2. The third kappa shape index (κ3) is 3.15. The minimum Gasteiger partial charge on any atom is -0.341 e. The van der Waals surface area contributed by atoms with Crippen molar-refractivity contribution in [3.05, 3.63) is 46.2 Å². The lowest BCUT2D eigenvalue weighted by Gasteiger charge is -2.14. The van der Waals surface area contributed by atoms with Crippen LogP contribution in [0.3, 0.4) is 0 Å². The Morgan fingerprint density at radius 2 is 1.68 bits per heavy atom. The molecule has 0 aliphatic carbocycles. The lowest BCUT2D eigenvalue weighted by Crippen LogP contribution is -2.21. The van der Waals surface area contributed by atoms with Gasteiger partial charge in [0.1, 0.15) is 0 Å². The Hall–Kier alpha value is -1.85. The van der Waals surface area contributed by atoms with E-state index in [9.17, 15) is 4.79 Å². The highest BCUT2D eigenvalue weighted by Gasteiger charge is 2.16. The van der Waals surface area contributed by atoms with Gasteiger partial charge in [0.15, 0.2) is 0 Å². The van der Waals surface area contributed by atoms with Gasteiger partial charge in [-0.25, -0.2) is 9.97 Å². The van der Waals surface area contributed by atoms with Gasteiger partial charge in [0, 0.05) is 25.5 Å². The predicted octanol–water partition coefficient (Wildman–Crippen LogP) is 3.64. The summed E-state index contributed by atoms with van der Waals surface area (Å²) in [6.07, 6.45) is 5.33. The molecule has 1 N–H and O–H groups in total. The number of nitrogens with zero attached hydrogens (tertiary/aromatic N) is 3. The summed E-state index contributed by atoms with van der Waals surface area (Å²) in [5.74, 6) is 0.313. The first-order valence-corrected chi connectivity index (χ1v) is 7.73. The van der Waals surface area contributed by atoms with Gasteiger partial charge in [0.2, 0.25) is 5.95 Å². The van der Waals surface area contributed by atoms with Crippen molar-refractivity contribution in [3.63, 3.8) is 0 Å². The van der Waals surface area contributed by atoms with Crippen LogP contribution in [-0.4, -0.2) is 29.0 Å². The highest BCUT2D eigenvalue weighted by molar-refractivity contribution is 6.40. The number of halogens is 2. The minimum absolute atomic E-state index is 0.344. The number of amides is 1. The van der Waals surface area contributed by atoms with Gasteiger partial charge in [0.05, 0.1) is 21.3 Å². The van der Waals surface area contributed by atoms with E-state index in [4.69, 9.17) is 23.2 Å². The van der Waals surface area contributed by atoms with Crippen LogP contribution >= 0.6 is 23.2 Å². The minimum atomic E-state index is -0.344. The molecule has 0 bridgehead atoms. The molecule has 114 valence electrons. The number of benzene rings is 1. The van der Waals surface area contributed by atoms with Crippen LogP contribution in [0.1, 0.15) is 23.2 Å². The Labute approximate surface area is 138 Å². The highest BCUT2D eigenvalue weighted by atomic mass is 35.5. The second kappa shape index (κ2) is 6.50. The molecule has 1 amide bonds. The topological polar surface area (TPSA) is 58.1 Å². The van der Waals surface area contributed by atoms with Gasteiger partial charge in [-0.15, -0.1) is 0 Å². The molecule has 1 aliphatic rings. The van der Waals surface area contributed by atoms with Crippen molar-refractivity contribution in [2.75, 3.05) is 23.3 Å². The van der Waals surface area contributed by atoms with E-state index in [2.05, 4.69) is 20.2 Å². The van der Waals surface area contributed by atoms with Crippen molar-refractivity contribution in [3.8, 4) is 0 Å². The summed E-state index contributed by atoms with van der Waals surface area (Å²) in [7, 11) is 0. The van der Waals surface area contributed by atoms with Crippen molar-refractivity contribution in [2.24, 2.45) is 0 Å². The van der Waals surface area contributed by atoms with E-state index in [0.29, 0.717) is 27.2 Å². The van der Waals surface area contributed by atoms with Crippen LogP contribution in [0.4, 0.5) is 11.6 Å². The molecule has 22 heavy (non-hydrogen) atoms. The van der Waals surface area contributed by atoms with E-state index in [1.807, 2.05) is 0 Å². The molecular weight excluding hydrogens is 323 g/mol. The van der Waals surface area contributed by atoms with E-state index < -0.39 is 0 Å². The van der Waals surface area contributed by atoms with Crippen LogP contribution in [0, 0.1) is 0 Å². The summed E-state index contributed by atoms with van der Waals surface area (Å²) in [6, 6.07) is 5.04. The van der Waals surface area contributed by atoms with Crippen molar-refractivity contribution < 1.29 is 4.79 Å².